The maximum absolute atomic E-state index is 11.9. The number of benzene rings is 2. The molecule has 0 bridgehead atoms. The Morgan fingerprint density at radius 1 is 1.19 bits per heavy atom. The van der Waals surface area contributed by atoms with Gasteiger partial charge in [-0.25, -0.2) is 14.8 Å². The molecule has 6 heteroatoms. The van der Waals surface area contributed by atoms with E-state index < -0.39 is 0 Å². The minimum absolute atomic E-state index is 0.00682. The molecule has 0 spiro atoms. The van der Waals surface area contributed by atoms with E-state index >= 15 is 0 Å². The van der Waals surface area contributed by atoms with Crippen molar-refractivity contribution in [1.29, 1.82) is 0 Å². The highest BCUT2D eigenvalue weighted by Crippen LogP contribution is 2.24. The lowest BCUT2D eigenvalue weighted by atomic mass is 10.1. The Balaban J connectivity index is 1.48. The molecule has 2 aromatic carbocycles. The van der Waals surface area contributed by atoms with Gasteiger partial charge in [-0.05, 0) is 36.2 Å². The Bertz CT molecular complexity index is 958. The highest BCUT2D eigenvalue weighted by Gasteiger charge is 2.26. The first kappa shape index (κ1) is 17.3. The Morgan fingerprint density at radius 3 is 2.89 bits per heavy atom. The quantitative estimate of drug-likeness (QED) is 0.746. The molecule has 1 aliphatic rings. The van der Waals surface area contributed by atoms with Crippen molar-refractivity contribution >= 4 is 22.8 Å². The summed E-state index contributed by atoms with van der Waals surface area (Å²) < 4.78 is 0. The summed E-state index contributed by atoms with van der Waals surface area (Å²) in [6.07, 6.45) is 2.66. The van der Waals surface area contributed by atoms with Gasteiger partial charge in [-0.3, -0.25) is 0 Å². The first-order valence-corrected chi connectivity index (χ1v) is 9.34. The fraction of sp³-hybridized carbons (Fsp3) is 0.286. The van der Waals surface area contributed by atoms with Crippen LogP contribution in [0.5, 0.6) is 0 Å². The third kappa shape index (κ3) is 3.84. The number of rotatable bonds is 4. The average Bonchev–Trinajstić information content (AvgIpc) is 3.17. The van der Waals surface area contributed by atoms with Crippen LogP contribution in [0.4, 0.5) is 10.7 Å². The van der Waals surface area contributed by atoms with Gasteiger partial charge in [0.15, 0.2) is 0 Å². The van der Waals surface area contributed by atoms with E-state index in [0.29, 0.717) is 19.0 Å². The Labute approximate surface area is 158 Å². The largest absolute Gasteiger partial charge is 0.350 e. The number of carbonyl (C=O) groups excluding carboxylic acids is 1. The van der Waals surface area contributed by atoms with Crippen molar-refractivity contribution in [3.63, 3.8) is 0 Å². The fourth-order valence-electron chi connectivity index (χ4n) is 3.45. The fourth-order valence-corrected chi connectivity index (χ4v) is 3.45. The number of urea groups is 1. The molecule has 2 heterocycles. The Kier molecular flexibility index (Phi) is 4.87. The molecule has 27 heavy (non-hydrogen) atoms. The van der Waals surface area contributed by atoms with E-state index in [-0.39, 0.29) is 12.1 Å². The molecule has 1 atom stereocenters. The minimum atomic E-state index is -0.00682. The predicted octanol–water partition coefficient (Wildman–Crippen LogP) is 3.51. The van der Waals surface area contributed by atoms with Gasteiger partial charge in [0.2, 0.25) is 5.95 Å². The van der Waals surface area contributed by atoms with Crippen molar-refractivity contribution in [2.75, 3.05) is 25.0 Å². The summed E-state index contributed by atoms with van der Waals surface area (Å²) in [6.45, 7) is 3.98. The number of anilines is 1. The summed E-state index contributed by atoms with van der Waals surface area (Å²) in [5, 5.41) is 8.62. The van der Waals surface area contributed by atoms with Crippen LogP contribution in [0.2, 0.25) is 0 Å². The zero-order chi connectivity index (χ0) is 18.6. The van der Waals surface area contributed by atoms with Gasteiger partial charge in [-0.15, -0.1) is 0 Å². The van der Waals surface area contributed by atoms with Crippen molar-refractivity contribution in [2.24, 2.45) is 0 Å². The van der Waals surface area contributed by atoms with E-state index in [9.17, 15) is 4.79 Å². The number of nitrogens with one attached hydrogen (secondary N) is 2. The zero-order valence-electron chi connectivity index (χ0n) is 15.4. The lowest BCUT2D eigenvalue weighted by molar-refractivity contribution is 0.209. The minimum Gasteiger partial charge on any atom is -0.350 e. The van der Waals surface area contributed by atoms with Gasteiger partial charge < -0.3 is 15.5 Å². The predicted molar refractivity (Wildman–Crippen MR) is 108 cm³/mol. The lowest BCUT2D eigenvalue weighted by Crippen LogP contribution is -2.39. The van der Waals surface area contributed by atoms with Crippen LogP contribution < -0.4 is 10.6 Å². The summed E-state index contributed by atoms with van der Waals surface area (Å²) >= 11 is 0. The van der Waals surface area contributed by atoms with E-state index in [4.69, 9.17) is 0 Å². The summed E-state index contributed by atoms with van der Waals surface area (Å²) in [5.74, 6) is 0.600. The van der Waals surface area contributed by atoms with Gasteiger partial charge >= 0.3 is 6.03 Å². The van der Waals surface area contributed by atoms with E-state index in [0.717, 1.165) is 24.2 Å². The number of amides is 2. The van der Waals surface area contributed by atoms with Gasteiger partial charge in [0.1, 0.15) is 0 Å². The van der Waals surface area contributed by atoms with Gasteiger partial charge in [0, 0.05) is 37.4 Å². The molecule has 0 saturated carbocycles. The van der Waals surface area contributed by atoms with Crippen LogP contribution >= 0.6 is 0 Å². The lowest BCUT2D eigenvalue weighted by Gasteiger charge is -2.17. The zero-order valence-corrected chi connectivity index (χ0v) is 15.4. The van der Waals surface area contributed by atoms with E-state index in [2.05, 4.69) is 50.9 Å². The van der Waals surface area contributed by atoms with Crippen molar-refractivity contribution < 1.29 is 4.79 Å². The number of hydrogen-bond donors (Lipinski definition) is 2. The van der Waals surface area contributed by atoms with Gasteiger partial charge in [-0.2, -0.15) is 0 Å². The number of aromatic nitrogens is 2. The third-order valence-electron chi connectivity index (χ3n) is 4.84. The molecule has 1 saturated heterocycles. The SMILES string of the molecule is CCNC(=O)N1CCC(Nc2nccc(-c3ccc4ccccc4c3)n2)C1. The molecular weight excluding hydrogens is 338 g/mol. The topological polar surface area (TPSA) is 70.2 Å². The van der Waals surface area contributed by atoms with E-state index in [1.807, 2.05) is 30.0 Å². The molecule has 138 valence electrons. The number of nitrogens with zero attached hydrogens (tertiary/aromatic N) is 3. The smallest absolute Gasteiger partial charge is 0.317 e. The molecule has 2 amide bonds. The first-order chi connectivity index (χ1) is 13.2. The van der Waals surface area contributed by atoms with Gasteiger partial charge in [-0.1, -0.05) is 36.4 Å². The summed E-state index contributed by atoms with van der Waals surface area (Å²) in [5.41, 5.74) is 1.95. The monoisotopic (exact) mass is 361 g/mol. The van der Waals surface area contributed by atoms with Gasteiger partial charge in [0.05, 0.1) is 5.69 Å². The van der Waals surface area contributed by atoms with Crippen molar-refractivity contribution in [2.45, 2.75) is 19.4 Å². The standard InChI is InChI=1S/C21H23N5O/c1-2-22-21(27)26-12-10-18(14-26)24-20-23-11-9-19(25-20)17-8-7-15-5-3-4-6-16(15)13-17/h3-9,11,13,18H,2,10,12,14H2,1H3,(H,22,27)(H,23,24,25). The molecule has 1 aliphatic heterocycles. The van der Waals surface area contributed by atoms with Crippen LogP contribution in [0.15, 0.2) is 54.7 Å². The number of fused-ring (bicyclic) bond motifs is 1. The molecule has 2 N–H and O–H groups in total. The second kappa shape index (κ2) is 7.61. The molecule has 0 aliphatic carbocycles. The molecule has 6 nitrogen and oxygen atoms in total. The normalized spacial score (nSPS) is 16.5. The Morgan fingerprint density at radius 2 is 2.04 bits per heavy atom. The second-order valence-electron chi connectivity index (χ2n) is 6.74. The molecule has 1 aromatic heterocycles. The van der Waals surface area contributed by atoms with Crippen LogP contribution in [0.3, 0.4) is 0 Å². The van der Waals surface area contributed by atoms with Crippen molar-refractivity contribution in [1.82, 2.24) is 20.2 Å². The maximum atomic E-state index is 11.9. The maximum Gasteiger partial charge on any atom is 0.317 e. The van der Waals surface area contributed by atoms with Gasteiger partial charge in [0.25, 0.3) is 0 Å². The number of carbonyl (C=O) groups is 1. The molecule has 3 aromatic rings. The number of hydrogen-bond acceptors (Lipinski definition) is 4. The molecule has 1 unspecified atom stereocenters. The van der Waals surface area contributed by atoms with Crippen LogP contribution in [-0.2, 0) is 0 Å². The second-order valence-corrected chi connectivity index (χ2v) is 6.74. The summed E-state index contributed by atoms with van der Waals surface area (Å²) in [7, 11) is 0. The molecular formula is C21H23N5O. The molecule has 0 radical (unpaired) electrons. The molecule has 1 fully saturated rings. The summed E-state index contributed by atoms with van der Waals surface area (Å²) in [6, 6.07) is 16.7. The van der Waals surface area contributed by atoms with Crippen LogP contribution in [0.1, 0.15) is 13.3 Å². The third-order valence-corrected chi connectivity index (χ3v) is 4.84. The van der Waals surface area contributed by atoms with Crippen LogP contribution in [0.25, 0.3) is 22.0 Å². The highest BCUT2D eigenvalue weighted by atomic mass is 16.2. The van der Waals surface area contributed by atoms with Crippen LogP contribution in [-0.4, -0.2) is 46.6 Å². The van der Waals surface area contributed by atoms with Crippen LogP contribution in [0, 0.1) is 0 Å². The van der Waals surface area contributed by atoms with E-state index in [1.54, 1.807) is 6.20 Å². The summed E-state index contributed by atoms with van der Waals surface area (Å²) in [4.78, 5) is 22.8. The average molecular weight is 361 g/mol. The van der Waals surface area contributed by atoms with Crippen molar-refractivity contribution in [3.05, 3.63) is 54.7 Å². The molecule has 4 rings (SSSR count). The number of likely N-dealkylation sites (tertiary alicyclic amines) is 1. The van der Waals surface area contributed by atoms with E-state index in [1.165, 1.54) is 10.8 Å². The highest BCUT2D eigenvalue weighted by molar-refractivity contribution is 5.86. The Hall–Kier alpha value is -3.15. The first-order valence-electron chi connectivity index (χ1n) is 9.34. The van der Waals surface area contributed by atoms with Crippen molar-refractivity contribution in [3.8, 4) is 11.3 Å².